The first kappa shape index (κ1) is 16.3. The number of carbonyl (C=O) groups is 2. The van der Waals surface area contributed by atoms with Crippen LogP contribution in [0.2, 0.25) is 0 Å². The van der Waals surface area contributed by atoms with Gasteiger partial charge in [0.15, 0.2) is 11.5 Å². The van der Waals surface area contributed by atoms with Gasteiger partial charge in [0.2, 0.25) is 18.6 Å². The van der Waals surface area contributed by atoms with Crippen molar-refractivity contribution in [1.82, 2.24) is 0 Å². The van der Waals surface area contributed by atoms with Crippen LogP contribution in [0.1, 0.15) is 6.42 Å². The Morgan fingerprint density at radius 2 is 2.00 bits per heavy atom. The van der Waals surface area contributed by atoms with E-state index in [0.29, 0.717) is 35.2 Å². The van der Waals surface area contributed by atoms with Gasteiger partial charge in [0, 0.05) is 24.7 Å². The smallest absolute Gasteiger partial charge is 0.231 e. The molecule has 1 atom stereocenters. The summed E-state index contributed by atoms with van der Waals surface area (Å²) in [5.74, 6) is 1.12. The summed E-state index contributed by atoms with van der Waals surface area (Å²) < 4.78 is 15.9. The molecule has 1 fully saturated rings. The maximum Gasteiger partial charge on any atom is 0.231 e. The van der Waals surface area contributed by atoms with E-state index in [9.17, 15) is 9.59 Å². The minimum absolute atomic E-state index is 0.0935. The maximum absolute atomic E-state index is 12.6. The van der Waals surface area contributed by atoms with E-state index < -0.39 is 5.92 Å². The number of para-hydroxylation sites is 2. The highest BCUT2D eigenvalue weighted by molar-refractivity contribution is 6.04. The molecule has 2 amide bonds. The number of fused-ring (bicyclic) bond motifs is 1. The second-order valence-electron chi connectivity index (χ2n) is 6.13. The number of anilines is 2. The molecule has 1 N–H and O–H groups in total. The highest BCUT2D eigenvalue weighted by Gasteiger charge is 2.36. The van der Waals surface area contributed by atoms with Gasteiger partial charge in [-0.05, 0) is 24.3 Å². The third-order valence-corrected chi connectivity index (χ3v) is 4.53. The molecule has 0 aromatic heterocycles. The SMILES string of the molecule is COc1ccccc1NC(=O)C1CC(=O)N(c2ccc3c(c2)OCO3)C1. The van der Waals surface area contributed by atoms with Crippen LogP contribution >= 0.6 is 0 Å². The van der Waals surface area contributed by atoms with Crippen molar-refractivity contribution in [2.24, 2.45) is 5.92 Å². The van der Waals surface area contributed by atoms with Crippen LogP contribution in [0.5, 0.6) is 17.2 Å². The second kappa shape index (κ2) is 6.59. The monoisotopic (exact) mass is 354 g/mol. The lowest BCUT2D eigenvalue weighted by molar-refractivity contribution is -0.122. The summed E-state index contributed by atoms with van der Waals surface area (Å²) in [7, 11) is 1.55. The minimum atomic E-state index is -0.433. The Hall–Kier alpha value is -3.22. The highest BCUT2D eigenvalue weighted by atomic mass is 16.7. The van der Waals surface area contributed by atoms with E-state index in [1.165, 1.54) is 0 Å². The number of nitrogens with zero attached hydrogens (tertiary/aromatic N) is 1. The Bertz CT molecular complexity index is 867. The average Bonchev–Trinajstić information content (AvgIpc) is 3.27. The van der Waals surface area contributed by atoms with Crippen molar-refractivity contribution in [3.05, 3.63) is 42.5 Å². The largest absolute Gasteiger partial charge is 0.495 e. The summed E-state index contributed by atoms with van der Waals surface area (Å²) in [6.45, 7) is 0.496. The summed E-state index contributed by atoms with van der Waals surface area (Å²) in [5, 5.41) is 2.85. The van der Waals surface area contributed by atoms with Crippen molar-refractivity contribution in [3.8, 4) is 17.2 Å². The molecule has 0 radical (unpaired) electrons. The van der Waals surface area contributed by atoms with Crippen LogP contribution in [0, 0.1) is 5.92 Å². The first-order valence-electron chi connectivity index (χ1n) is 8.29. The van der Waals surface area contributed by atoms with Crippen LogP contribution in [0.3, 0.4) is 0 Å². The molecule has 7 heteroatoms. The third-order valence-electron chi connectivity index (χ3n) is 4.53. The standard InChI is InChI=1S/C19H18N2O5/c1-24-15-5-3-2-4-14(15)20-19(23)12-8-18(22)21(10-12)13-6-7-16-17(9-13)26-11-25-16/h2-7,9,12H,8,10-11H2,1H3,(H,20,23). The number of hydrogen-bond acceptors (Lipinski definition) is 5. The van der Waals surface area contributed by atoms with E-state index in [-0.39, 0.29) is 25.0 Å². The zero-order valence-electron chi connectivity index (χ0n) is 14.2. The van der Waals surface area contributed by atoms with Gasteiger partial charge in [0.1, 0.15) is 5.75 Å². The minimum Gasteiger partial charge on any atom is -0.495 e. The summed E-state index contributed by atoms with van der Waals surface area (Å²) in [4.78, 5) is 26.6. The maximum atomic E-state index is 12.6. The third kappa shape index (κ3) is 2.92. The molecule has 7 nitrogen and oxygen atoms in total. The van der Waals surface area contributed by atoms with E-state index >= 15 is 0 Å². The predicted molar refractivity (Wildman–Crippen MR) is 94.6 cm³/mol. The van der Waals surface area contributed by atoms with E-state index in [2.05, 4.69) is 5.32 Å². The lowest BCUT2D eigenvalue weighted by atomic mass is 10.1. The quantitative estimate of drug-likeness (QED) is 0.912. The number of rotatable bonds is 4. The molecule has 4 rings (SSSR count). The topological polar surface area (TPSA) is 77.1 Å². The summed E-state index contributed by atoms with van der Waals surface area (Å²) in [6, 6.07) is 12.5. The second-order valence-corrected chi connectivity index (χ2v) is 6.13. The molecule has 2 aromatic carbocycles. The number of methoxy groups -OCH3 is 1. The number of amides is 2. The molecule has 0 saturated carbocycles. The molecule has 134 valence electrons. The number of carbonyl (C=O) groups excluding carboxylic acids is 2. The van der Waals surface area contributed by atoms with Crippen LogP contribution < -0.4 is 24.4 Å². The van der Waals surface area contributed by atoms with Gasteiger partial charge in [-0.1, -0.05) is 12.1 Å². The molecular formula is C19H18N2O5. The molecule has 1 unspecified atom stereocenters. The molecule has 0 bridgehead atoms. The Morgan fingerprint density at radius 1 is 1.19 bits per heavy atom. The lowest BCUT2D eigenvalue weighted by Crippen LogP contribution is -2.28. The van der Waals surface area contributed by atoms with Gasteiger partial charge < -0.3 is 24.4 Å². The van der Waals surface area contributed by atoms with Gasteiger partial charge in [-0.25, -0.2) is 0 Å². The Morgan fingerprint density at radius 3 is 2.85 bits per heavy atom. The van der Waals surface area contributed by atoms with Gasteiger partial charge in [-0.2, -0.15) is 0 Å². The van der Waals surface area contributed by atoms with E-state index in [4.69, 9.17) is 14.2 Å². The van der Waals surface area contributed by atoms with Gasteiger partial charge in [-0.15, -0.1) is 0 Å². The first-order chi connectivity index (χ1) is 12.7. The van der Waals surface area contributed by atoms with Crippen LogP contribution in [-0.2, 0) is 9.59 Å². The zero-order chi connectivity index (χ0) is 18.1. The molecule has 2 aliphatic heterocycles. The number of benzene rings is 2. The van der Waals surface area contributed by atoms with Crippen molar-refractivity contribution >= 4 is 23.2 Å². The van der Waals surface area contributed by atoms with Crippen molar-refractivity contribution in [3.63, 3.8) is 0 Å². The number of ether oxygens (including phenoxy) is 3. The average molecular weight is 354 g/mol. The molecule has 26 heavy (non-hydrogen) atoms. The predicted octanol–water partition coefficient (Wildman–Crippen LogP) is 2.42. The van der Waals surface area contributed by atoms with Gasteiger partial charge in [0.25, 0.3) is 0 Å². The van der Waals surface area contributed by atoms with Crippen LogP contribution in [0.15, 0.2) is 42.5 Å². The lowest BCUT2D eigenvalue weighted by Gasteiger charge is -2.17. The zero-order valence-corrected chi connectivity index (χ0v) is 14.2. The summed E-state index contributed by atoms with van der Waals surface area (Å²) in [6.07, 6.45) is 0.162. The number of nitrogens with one attached hydrogen (secondary N) is 1. The van der Waals surface area contributed by atoms with E-state index in [1.54, 1.807) is 42.3 Å². The fourth-order valence-electron chi connectivity index (χ4n) is 3.17. The molecule has 0 spiro atoms. The molecule has 0 aliphatic carbocycles. The fraction of sp³-hybridized carbons (Fsp3) is 0.263. The summed E-state index contributed by atoms with van der Waals surface area (Å²) in [5.41, 5.74) is 1.29. The van der Waals surface area contributed by atoms with Gasteiger partial charge in [0.05, 0.1) is 18.7 Å². The van der Waals surface area contributed by atoms with E-state index in [1.807, 2.05) is 12.1 Å². The highest BCUT2D eigenvalue weighted by Crippen LogP contribution is 2.37. The fourth-order valence-corrected chi connectivity index (χ4v) is 3.17. The summed E-state index contributed by atoms with van der Waals surface area (Å²) >= 11 is 0. The first-order valence-corrected chi connectivity index (χ1v) is 8.29. The Kier molecular flexibility index (Phi) is 4.12. The molecule has 2 aliphatic rings. The van der Waals surface area contributed by atoms with Crippen LogP contribution in [0.4, 0.5) is 11.4 Å². The van der Waals surface area contributed by atoms with Gasteiger partial charge >= 0.3 is 0 Å². The number of hydrogen-bond donors (Lipinski definition) is 1. The van der Waals surface area contributed by atoms with Crippen molar-refractivity contribution < 1.29 is 23.8 Å². The van der Waals surface area contributed by atoms with Crippen LogP contribution in [-0.4, -0.2) is 32.3 Å². The van der Waals surface area contributed by atoms with E-state index in [0.717, 1.165) is 0 Å². The molecule has 2 aromatic rings. The van der Waals surface area contributed by atoms with Crippen molar-refractivity contribution in [2.75, 3.05) is 30.7 Å². The Balaban J connectivity index is 1.48. The van der Waals surface area contributed by atoms with Crippen molar-refractivity contribution in [2.45, 2.75) is 6.42 Å². The van der Waals surface area contributed by atoms with Crippen molar-refractivity contribution in [1.29, 1.82) is 0 Å². The van der Waals surface area contributed by atoms with Crippen LogP contribution in [0.25, 0.3) is 0 Å². The van der Waals surface area contributed by atoms with Gasteiger partial charge in [-0.3, -0.25) is 9.59 Å². The Labute approximate surface area is 150 Å². The normalized spacial score (nSPS) is 18.1. The molecule has 1 saturated heterocycles. The molecule has 2 heterocycles. The molecular weight excluding hydrogens is 336 g/mol.